The molecule has 2 amide bonds. The number of carbonyl (C=O) groups is 2. The van der Waals surface area contributed by atoms with Gasteiger partial charge in [0.1, 0.15) is 12.6 Å². The Bertz CT molecular complexity index is 1420. The molecule has 0 aliphatic heterocycles. The molecule has 9 heteroatoms. The molecular formula is C30H36ClN3O4S. The first kappa shape index (κ1) is 30.2. The van der Waals surface area contributed by atoms with Gasteiger partial charge in [0.15, 0.2) is 0 Å². The van der Waals surface area contributed by atoms with E-state index in [0.29, 0.717) is 22.8 Å². The van der Waals surface area contributed by atoms with E-state index in [9.17, 15) is 18.0 Å². The molecule has 3 aromatic rings. The average molecular weight is 570 g/mol. The summed E-state index contributed by atoms with van der Waals surface area (Å²) in [6.07, 6.45) is 0.753. The fraction of sp³-hybridized carbons (Fsp3) is 0.333. The summed E-state index contributed by atoms with van der Waals surface area (Å²) in [6, 6.07) is 18.2. The summed E-state index contributed by atoms with van der Waals surface area (Å²) in [6.45, 7) is 9.31. The van der Waals surface area contributed by atoms with E-state index in [0.717, 1.165) is 27.4 Å². The number of hydrogen-bond acceptors (Lipinski definition) is 4. The maximum Gasteiger partial charge on any atom is 0.264 e. The predicted octanol–water partition coefficient (Wildman–Crippen LogP) is 5.40. The highest BCUT2D eigenvalue weighted by atomic mass is 35.5. The lowest BCUT2D eigenvalue weighted by Gasteiger charge is -2.32. The van der Waals surface area contributed by atoms with E-state index in [2.05, 4.69) is 5.32 Å². The number of nitrogens with one attached hydrogen (secondary N) is 1. The van der Waals surface area contributed by atoms with E-state index in [1.54, 1.807) is 44.2 Å². The van der Waals surface area contributed by atoms with Crippen molar-refractivity contribution in [3.05, 3.63) is 94.0 Å². The highest BCUT2D eigenvalue weighted by Crippen LogP contribution is 2.29. The third-order valence-corrected chi connectivity index (χ3v) is 8.48. The third kappa shape index (κ3) is 7.61. The smallest absolute Gasteiger partial charge is 0.264 e. The molecule has 0 saturated heterocycles. The highest BCUT2D eigenvalue weighted by Gasteiger charge is 2.33. The molecule has 1 atom stereocenters. The summed E-state index contributed by atoms with van der Waals surface area (Å²) in [5.74, 6) is -0.797. The lowest BCUT2D eigenvalue weighted by molar-refractivity contribution is -0.139. The maximum absolute atomic E-state index is 14.0. The van der Waals surface area contributed by atoms with Crippen LogP contribution >= 0.6 is 11.6 Å². The van der Waals surface area contributed by atoms with E-state index < -0.39 is 28.5 Å². The molecule has 0 aromatic heterocycles. The van der Waals surface area contributed by atoms with E-state index in [-0.39, 0.29) is 17.3 Å². The van der Waals surface area contributed by atoms with Crippen LogP contribution in [0.15, 0.2) is 71.6 Å². The van der Waals surface area contributed by atoms with Gasteiger partial charge in [-0.2, -0.15) is 0 Å². The second-order valence-electron chi connectivity index (χ2n) is 9.73. The molecule has 39 heavy (non-hydrogen) atoms. The van der Waals surface area contributed by atoms with Gasteiger partial charge in [-0.15, -0.1) is 0 Å². The minimum absolute atomic E-state index is 0.0641. The predicted molar refractivity (Wildman–Crippen MR) is 156 cm³/mol. The number of amides is 2. The molecule has 3 aromatic carbocycles. The van der Waals surface area contributed by atoms with Crippen LogP contribution in [0.5, 0.6) is 0 Å². The Morgan fingerprint density at radius 2 is 1.64 bits per heavy atom. The van der Waals surface area contributed by atoms with Gasteiger partial charge >= 0.3 is 0 Å². The molecule has 0 aliphatic carbocycles. The molecule has 1 N–H and O–H groups in total. The zero-order valence-corrected chi connectivity index (χ0v) is 24.6. The molecule has 0 bridgehead atoms. The van der Waals surface area contributed by atoms with Crippen LogP contribution in [0, 0.1) is 20.8 Å². The van der Waals surface area contributed by atoms with Crippen molar-refractivity contribution >= 4 is 39.1 Å². The summed E-state index contributed by atoms with van der Waals surface area (Å²) in [5.41, 5.74) is 3.71. The number of anilines is 1. The quantitative estimate of drug-likeness (QED) is 0.335. The molecule has 0 radical (unpaired) electrons. The Kier molecular flexibility index (Phi) is 10.2. The summed E-state index contributed by atoms with van der Waals surface area (Å²) in [5, 5.41) is 3.30. The minimum Gasteiger partial charge on any atom is -0.354 e. The van der Waals surface area contributed by atoms with Crippen molar-refractivity contribution in [1.29, 1.82) is 0 Å². The van der Waals surface area contributed by atoms with Crippen LogP contribution < -0.4 is 9.62 Å². The van der Waals surface area contributed by atoms with Gasteiger partial charge < -0.3 is 10.2 Å². The Morgan fingerprint density at radius 3 is 2.26 bits per heavy atom. The van der Waals surface area contributed by atoms with E-state index >= 15 is 0 Å². The average Bonchev–Trinajstić information content (AvgIpc) is 2.89. The zero-order chi connectivity index (χ0) is 28.7. The topological polar surface area (TPSA) is 86.8 Å². The van der Waals surface area contributed by atoms with E-state index in [1.807, 2.05) is 45.0 Å². The molecule has 7 nitrogen and oxygen atoms in total. The summed E-state index contributed by atoms with van der Waals surface area (Å²) in [4.78, 5) is 28.4. The number of hydrogen-bond donors (Lipinski definition) is 1. The molecule has 0 heterocycles. The number of halogens is 1. The van der Waals surface area contributed by atoms with Gasteiger partial charge in [-0.25, -0.2) is 8.42 Å². The van der Waals surface area contributed by atoms with E-state index in [4.69, 9.17) is 11.6 Å². The summed E-state index contributed by atoms with van der Waals surface area (Å²) < 4.78 is 29.0. The second-order valence-corrected chi connectivity index (χ2v) is 12.0. The number of rotatable bonds is 11. The van der Waals surface area contributed by atoms with Crippen LogP contribution in [0.25, 0.3) is 0 Å². The molecule has 0 spiro atoms. The largest absolute Gasteiger partial charge is 0.354 e. The van der Waals surface area contributed by atoms with Crippen LogP contribution in [-0.2, 0) is 26.2 Å². The zero-order valence-electron chi connectivity index (χ0n) is 23.1. The maximum atomic E-state index is 14.0. The Morgan fingerprint density at radius 1 is 0.949 bits per heavy atom. The molecule has 208 valence electrons. The van der Waals surface area contributed by atoms with Crippen molar-refractivity contribution in [2.75, 3.05) is 17.4 Å². The minimum atomic E-state index is -4.13. The number of sulfonamides is 1. The third-order valence-electron chi connectivity index (χ3n) is 6.47. The fourth-order valence-electron chi connectivity index (χ4n) is 4.24. The molecule has 0 fully saturated rings. The molecule has 0 unspecified atom stereocenters. The molecular weight excluding hydrogens is 534 g/mol. The standard InChI is InChI=1S/C30H36ClN3O4S/c1-6-16-32-30(36)24(5)33(19-25-9-7-8-22(3)17-25)29(35)20-34(28-15-12-26(31)18-23(28)4)39(37,38)27-13-10-21(2)11-14-27/h7-15,17-18,24H,6,16,19-20H2,1-5H3,(H,32,36)/t24-/m0/s1. The van der Waals surface area contributed by atoms with Crippen molar-refractivity contribution in [3.8, 4) is 0 Å². The Hall–Kier alpha value is -3.36. The summed E-state index contributed by atoms with van der Waals surface area (Å²) in [7, 11) is -4.13. The SMILES string of the molecule is CCCNC(=O)[C@H](C)N(Cc1cccc(C)c1)C(=O)CN(c1ccc(Cl)cc1C)S(=O)(=O)c1ccc(C)cc1. The van der Waals surface area contributed by atoms with Crippen molar-refractivity contribution in [2.24, 2.45) is 0 Å². The fourth-order valence-corrected chi connectivity index (χ4v) is 5.94. The monoisotopic (exact) mass is 569 g/mol. The first-order valence-corrected chi connectivity index (χ1v) is 14.7. The van der Waals surface area contributed by atoms with Gasteiger partial charge in [0.2, 0.25) is 11.8 Å². The first-order valence-electron chi connectivity index (χ1n) is 12.9. The van der Waals surface area contributed by atoms with Crippen molar-refractivity contribution < 1.29 is 18.0 Å². The van der Waals surface area contributed by atoms with Gasteiger partial charge in [0, 0.05) is 18.1 Å². The number of benzene rings is 3. The van der Waals surface area contributed by atoms with Gasteiger partial charge in [0.25, 0.3) is 10.0 Å². The van der Waals surface area contributed by atoms with Crippen LogP contribution in [0.2, 0.25) is 5.02 Å². The number of carbonyl (C=O) groups excluding carboxylic acids is 2. The Labute approximate surface area is 236 Å². The molecule has 0 aliphatic rings. The first-order chi connectivity index (χ1) is 18.4. The number of aryl methyl sites for hydroxylation is 3. The molecule has 0 saturated carbocycles. The van der Waals surface area contributed by atoms with Crippen LogP contribution in [-0.4, -0.2) is 44.3 Å². The lowest BCUT2D eigenvalue weighted by atomic mass is 10.1. The van der Waals surface area contributed by atoms with Gasteiger partial charge in [-0.3, -0.25) is 13.9 Å². The second kappa shape index (κ2) is 13.1. The van der Waals surface area contributed by atoms with Crippen molar-refractivity contribution in [2.45, 2.75) is 58.5 Å². The van der Waals surface area contributed by atoms with Crippen LogP contribution in [0.4, 0.5) is 5.69 Å². The highest BCUT2D eigenvalue weighted by molar-refractivity contribution is 7.92. The molecule has 3 rings (SSSR count). The Balaban J connectivity index is 2.05. The van der Waals surface area contributed by atoms with Crippen LogP contribution in [0.3, 0.4) is 0 Å². The van der Waals surface area contributed by atoms with E-state index in [1.165, 1.54) is 17.0 Å². The van der Waals surface area contributed by atoms with Gasteiger partial charge in [-0.1, -0.05) is 66.0 Å². The van der Waals surface area contributed by atoms with Crippen molar-refractivity contribution in [1.82, 2.24) is 10.2 Å². The van der Waals surface area contributed by atoms with Crippen molar-refractivity contribution in [3.63, 3.8) is 0 Å². The normalized spacial score (nSPS) is 12.1. The summed E-state index contributed by atoms with van der Waals surface area (Å²) >= 11 is 6.16. The van der Waals surface area contributed by atoms with Gasteiger partial charge in [-0.05, 0) is 75.6 Å². The lowest BCUT2D eigenvalue weighted by Crippen LogP contribution is -2.51. The van der Waals surface area contributed by atoms with Crippen LogP contribution in [0.1, 0.15) is 42.5 Å². The van der Waals surface area contributed by atoms with Gasteiger partial charge in [0.05, 0.1) is 10.6 Å². The number of nitrogens with zero attached hydrogens (tertiary/aromatic N) is 2.